The number of anilines is 1. The van der Waals surface area contributed by atoms with E-state index in [-0.39, 0.29) is 18.4 Å². The highest BCUT2D eigenvalue weighted by Crippen LogP contribution is 2.29. The monoisotopic (exact) mass is 310 g/mol. The Hall–Kier alpha value is -1.17. The van der Waals surface area contributed by atoms with Crippen molar-refractivity contribution in [3.63, 3.8) is 0 Å². The van der Waals surface area contributed by atoms with E-state index in [0.717, 1.165) is 5.56 Å². The Labute approximate surface area is 121 Å². The van der Waals surface area contributed by atoms with Gasteiger partial charge in [-0.15, -0.1) is 12.4 Å². The summed E-state index contributed by atoms with van der Waals surface area (Å²) in [6, 6.07) is 2.73. The van der Waals surface area contributed by atoms with E-state index in [1.54, 1.807) is 19.1 Å². The Kier molecular flexibility index (Phi) is 6.83. The van der Waals surface area contributed by atoms with E-state index >= 15 is 0 Å². The van der Waals surface area contributed by atoms with Gasteiger partial charge in [-0.1, -0.05) is 23.2 Å². The second-order valence-corrected chi connectivity index (χ2v) is 4.11. The lowest BCUT2D eigenvalue weighted by Crippen LogP contribution is -2.39. The summed E-state index contributed by atoms with van der Waals surface area (Å²) in [5.41, 5.74) is 6.59. The Bertz CT molecular complexity index is 453. The van der Waals surface area contributed by atoms with Gasteiger partial charge in [0.25, 0.3) is 0 Å². The molecule has 5 nitrogen and oxygen atoms in total. The van der Waals surface area contributed by atoms with Crippen LogP contribution in [-0.2, 0) is 0 Å². The summed E-state index contributed by atoms with van der Waals surface area (Å²) in [4.78, 5) is 15.1. The molecule has 1 rings (SSSR count). The van der Waals surface area contributed by atoms with Gasteiger partial charge in [0, 0.05) is 12.1 Å². The van der Waals surface area contributed by atoms with Crippen LogP contribution in [0.1, 0.15) is 5.56 Å². The fraction of sp³-hybridized carbons (Fsp3) is 0.200. The molecule has 2 amide bonds. The summed E-state index contributed by atoms with van der Waals surface area (Å²) in [6.45, 7) is 1.78. The molecule has 0 fully saturated rings. The Morgan fingerprint density at radius 3 is 2.50 bits per heavy atom. The number of aliphatic imine (C=N–C) groups is 1. The van der Waals surface area contributed by atoms with Crippen LogP contribution in [0, 0.1) is 6.92 Å². The van der Waals surface area contributed by atoms with Crippen molar-refractivity contribution in [2.24, 2.45) is 10.7 Å². The van der Waals surface area contributed by atoms with Gasteiger partial charge in [-0.05, 0) is 24.6 Å². The topological polar surface area (TPSA) is 79.5 Å². The molecular weight excluding hydrogens is 298 g/mol. The van der Waals surface area contributed by atoms with Crippen LogP contribution in [0.3, 0.4) is 0 Å². The third-order valence-electron chi connectivity index (χ3n) is 1.97. The molecule has 0 saturated heterocycles. The molecular formula is C10H13Cl3N4O. The molecule has 0 saturated carbocycles. The number of carbonyl (C=O) groups is 1. The molecule has 0 aliphatic carbocycles. The maximum absolute atomic E-state index is 11.5. The summed E-state index contributed by atoms with van der Waals surface area (Å²) >= 11 is 11.8. The van der Waals surface area contributed by atoms with Gasteiger partial charge in [-0.3, -0.25) is 10.3 Å². The summed E-state index contributed by atoms with van der Waals surface area (Å²) in [6.07, 6.45) is 0. The number of carbonyl (C=O) groups excluding carboxylic acids is 1. The first-order chi connectivity index (χ1) is 7.93. The number of aryl methyl sites for hydroxylation is 1. The van der Waals surface area contributed by atoms with Gasteiger partial charge in [0.05, 0.1) is 10.7 Å². The summed E-state index contributed by atoms with van der Waals surface area (Å²) in [5, 5.41) is 5.77. The molecule has 0 aromatic heterocycles. The molecule has 0 bridgehead atoms. The predicted octanol–water partition coefficient (Wildman–Crippen LogP) is 2.79. The van der Waals surface area contributed by atoms with Gasteiger partial charge >= 0.3 is 6.03 Å². The lowest BCUT2D eigenvalue weighted by Gasteiger charge is -2.11. The maximum Gasteiger partial charge on any atom is 0.326 e. The van der Waals surface area contributed by atoms with Gasteiger partial charge < -0.3 is 11.1 Å². The molecule has 4 N–H and O–H groups in total. The molecule has 100 valence electrons. The largest absolute Gasteiger partial charge is 0.370 e. The van der Waals surface area contributed by atoms with E-state index < -0.39 is 6.03 Å². The van der Waals surface area contributed by atoms with Crippen molar-refractivity contribution in [2.45, 2.75) is 6.92 Å². The third kappa shape index (κ3) is 4.60. The Balaban J connectivity index is 0.00000289. The van der Waals surface area contributed by atoms with Crippen LogP contribution < -0.4 is 16.4 Å². The van der Waals surface area contributed by atoms with E-state index in [9.17, 15) is 4.79 Å². The first kappa shape index (κ1) is 16.8. The Morgan fingerprint density at radius 1 is 1.39 bits per heavy atom. The van der Waals surface area contributed by atoms with Crippen molar-refractivity contribution in [2.75, 3.05) is 12.4 Å². The first-order valence-electron chi connectivity index (χ1n) is 4.70. The normalized spacial score (nSPS) is 10.6. The number of benzene rings is 1. The minimum atomic E-state index is -0.513. The molecule has 8 heteroatoms. The van der Waals surface area contributed by atoms with Gasteiger partial charge in [-0.2, -0.15) is 0 Å². The molecule has 0 heterocycles. The molecule has 0 unspecified atom stereocenters. The number of halogens is 3. The minimum Gasteiger partial charge on any atom is -0.370 e. The number of hydrogen-bond donors (Lipinski definition) is 3. The van der Waals surface area contributed by atoms with Crippen molar-refractivity contribution < 1.29 is 4.79 Å². The van der Waals surface area contributed by atoms with Gasteiger partial charge in [0.1, 0.15) is 0 Å². The van der Waals surface area contributed by atoms with Gasteiger partial charge in [-0.25, -0.2) is 4.79 Å². The molecule has 0 aliphatic rings. The fourth-order valence-electron chi connectivity index (χ4n) is 1.18. The highest BCUT2D eigenvalue weighted by atomic mass is 35.5. The zero-order valence-corrected chi connectivity index (χ0v) is 12.1. The average molecular weight is 312 g/mol. The molecule has 0 radical (unpaired) electrons. The van der Waals surface area contributed by atoms with Crippen LogP contribution >= 0.6 is 35.6 Å². The quantitative estimate of drug-likeness (QED) is 0.551. The van der Waals surface area contributed by atoms with E-state index in [0.29, 0.717) is 15.7 Å². The number of nitrogens with zero attached hydrogens (tertiary/aromatic N) is 1. The predicted molar refractivity (Wildman–Crippen MR) is 78.1 cm³/mol. The molecule has 0 atom stereocenters. The Morgan fingerprint density at radius 2 is 2.00 bits per heavy atom. The third-order valence-corrected chi connectivity index (χ3v) is 2.49. The molecule has 18 heavy (non-hydrogen) atoms. The summed E-state index contributed by atoms with van der Waals surface area (Å²) < 4.78 is 0. The highest BCUT2D eigenvalue weighted by molar-refractivity contribution is 6.37. The van der Waals surface area contributed by atoms with Crippen molar-refractivity contribution in [3.05, 3.63) is 27.7 Å². The first-order valence-corrected chi connectivity index (χ1v) is 5.45. The van der Waals surface area contributed by atoms with E-state index in [1.807, 2.05) is 0 Å². The molecule has 0 spiro atoms. The van der Waals surface area contributed by atoms with Crippen molar-refractivity contribution in [3.8, 4) is 0 Å². The zero-order valence-electron chi connectivity index (χ0n) is 9.75. The SMILES string of the molecule is CN=C(N)NC(=O)Nc1c(C)cc(Cl)cc1Cl.Cl. The number of amides is 2. The standard InChI is InChI=1S/C10H12Cl2N4O.ClH/c1-5-3-6(11)4-7(12)8(5)15-10(17)16-9(13)14-2;/h3-4H,1-2H3,(H4,13,14,15,16,17);1H. The van der Waals surface area contributed by atoms with Crippen molar-refractivity contribution in [1.82, 2.24) is 5.32 Å². The second kappa shape index (κ2) is 7.31. The molecule has 0 aliphatic heterocycles. The number of urea groups is 1. The lowest BCUT2D eigenvalue weighted by molar-refractivity contribution is 0.256. The van der Waals surface area contributed by atoms with Crippen LogP contribution in [0.2, 0.25) is 10.0 Å². The highest BCUT2D eigenvalue weighted by Gasteiger charge is 2.10. The van der Waals surface area contributed by atoms with E-state index in [2.05, 4.69) is 15.6 Å². The molecule has 1 aromatic carbocycles. The van der Waals surface area contributed by atoms with Crippen LogP contribution in [-0.4, -0.2) is 19.0 Å². The van der Waals surface area contributed by atoms with Crippen LogP contribution in [0.5, 0.6) is 0 Å². The number of rotatable bonds is 1. The smallest absolute Gasteiger partial charge is 0.326 e. The number of guanidine groups is 1. The van der Waals surface area contributed by atoms with Crippen molar-refractivity contribution in [1.29, 1.82) is 0 Å². The van der Waals surface area contributed by atoms with Crippen LogP contribution in [0.15, 0.2) is 17.1 Å². The lowest BCUT2D eigenvalue weighted by atomic mass is 10.2. The van der Waals surface area contributed by atoms with E-state index in [4.69, 9.17) is 28.9 Å². The van der Waals surface area contributed by atoms with E-state index in [1.165, 1.54) is 7.05 Å². The number of nitrogens with one attached hydrogen (secondary N) is 2. The summed E-state index contributed by atoms with van der Waals surface area (Å²) in [5.74, 6) is 0.0187. The fourth-order valence-corrected chi connectivity index (χ4v) is 1.82. The maximum atomic E-state index is 11.5. The second-order valence-electron chi connectivity index (χ2n) is 3.27. The van der Waals surface area contributed by atoms with Crippen LogP contribution in [0.4, 0.5) is 10.5 Å². The molecule has 1 aromatic rings. The zero-order chi connectivity index (χ0) is 13.0. The number of nitrogens with two attached hydrogens (primary N) is 1. The van der Waals surface area contributed by atoms with Crippen LogP contribution in [0.25, 0.3) is 0 Å². The summed E-state index contributed by atoms with van der Waals surface area (Å²) in [7, 11) is 1.47. The average Bonchev–Trinajstić information content (AvgIpc) is 2.23. The van der Waals surface area contributed by atoms with Crippen molar-refractivity contribution >= 4 is 53.3 Å². The van der Waals surface area contributed by atoms with Gasteiger partial charge in [0.15, 0.2) is 5.96 Å². The van der Waals surface area contributed by atoms with Gasteiger partial charge in [0.2, 0.25) is 0 Å². The minimum absolute atomic E-state index is 0. The number of hydrogen-bond acceptors (Lipinski definition) is 2.